The molecule has 136 valence electrons. The maximum atomic E-state index is 13.2. The van der Waals surface area contributed by atoms with Gasteiger partial charge in [0.1, 0.15) is 0 Å². The first-order valence-electron chi connectivity index (χ1n) is 8.94. The van der Waals surface area contributed by atoms with Gasteiger partial charge in [0.2, 0.25) is 17.8 Å². The molecule has 1 saturated heterocycles. The fourth-order valence-electron chi connectivity index (χ4n) is 3.98. The van der Waals surface area contributed by atoms with Crippen LogP contribution in [-0.4, -0.2) is 34.5 Å². The van der Waals surface area contributed by atoms with Crippen LogP contribution in [0, 0.1) is 5.92 Å². The Morgan fingerprint density at radius 1 is 1.11 bits per heavy atom. The van der Waals surface area contributed by atoms with Crippen molar-refractivity contribution in [3.05, 3.63) is 53.0 Å². The van der Waals surface area contributed by atoms with Gasteiger partial charge >= 0.3 is 0 Å². The molecule has 3 aromatic rings. The third-order valence-corrected chi connectivity index (χ3v) is 5.78. The van der Waals surface area contributed by atoms with Crippen molar-refractivity contribution in [2.24, 2.45) is 5.92 Å². The van der Waals surface area contributed by atoms with E-state index in [2.05, 4.69) is 25.5 Å². The van der Waals surface area contributed by atoms with Crippen LogP contribution in [-0.2, 0) is 16.1 Å². The molecule has 2 aliphatic heterocycles. The maximum absolute atomic E-state index is 13.2. The van der Waals surface area contributed by atoms with Gasteiger partial charge in [-0.05, 0) is 30.3 Å². The third-order valence-electron chi connectivity index (χ3n) is 5.28. The van der Waals surface area contributed by atoms with Gasteiger partial charge in [0.05, 0.1) is 17.0 Å². The van der Waals surface area contributed by atoms with E-state index in [0.29, 0.717) is 19.0 Å². The molecular weight excluding hydrogens is 408 g/mol. The number of hydrogen-bond acceptors (Lipinski definition) is 3. The first-order chi connectivity index (χ1) is 13.1. The molecule has 2 amide bonds. The summed E-state index contributed by atoms with van der Waals surface area (Å²) in [6.45, 7) is 1.75. The molecule has 2 aliphatic rings. The molecule has 0 bridgehead atoms. The summed E-state index contributed by atoms with van der Waals surface area (Å²) in [5.74, 6) is 0.312. The van der Waals surface area contributed by atoms with Crippen LogP contribution < -0.4 is 9.80 Å². The van der Waals surface area contributed by atoms with Gasteiger partial charge in [0, 0.05) is 36.2 Å². The van der Waals surface area contributed by atoms with Crippen molar-refractivity contribution in [3.63, 3.8) is 0 Å². The Kier molecular flexibility index (Phi) is 3.79. The zero-order valence-electron chi connectivity index (χ0n) is 14.5. The lowest BCUT2D eigenvalue weighted by atomic mass is 10.1. The van der Waals surface area contributed by atoms with Gasteiger partial charge in [-0.15, -0.1) is 0 Å². The molecule has 7 heteroatoms. The Labute approximate surface area is 164 Å². The smallest absolute Gasteiger partial charge is 0.234 e. The Bertz CT molecular complexity index is 1080. The van der Waals surface area contributed by atoms with E-state index in [1.54, 1.807) is 9.80 Å². The first kappa shape index (κ1) is 16.5. The molecule has 0 N–H and O–H groups in total. The Morgan fingerprint density at radius 3 is 2.81 bits per heavy atom. The molecule has 0 radical (unpaired) electrons. The Balaban J connectivity index is 1.41. The molecule has 1 aromatic heterocycles. The maximum Gasteiger partial charge on any atom is 0.234 e. The highest BCUT2D eigenvalue weighted by Gasteiger charge is 2.40. The minimum absolute atomic E-state index is 0.0147. The average Bonchev–Trinajstić information content (AvgIpc) is 3.34. The van der Waals surface area contributed by atoms with Crippen LogP contribution in [0.15, 0.2) is 53.0 Å². The van der Waals surface area contributed by atoms with E-state index >= 15 is 0 Å². The molecule has 6 nitrogen and oxygen atoms in total. The van der Waals surface area contributed by atoms with Crippen LogP contribution >= 0.6 is 15.9 Å². The summed E-state index contributed by atoms with van der Waals surface area (Å²) in [6, 6.07) is 15.5. The van der Waals surface area contributed by atoms with Gasteiger partial charge < -0.3 is 9.47 Å². The lowest BCUT2D eigenvalue weighted by Crippen LogP contribution is -2.36. The predicted molar refractivity (Wildman–Crippen MR) is 107 cm³/mol. The van der Waals surface area contributed by atoms with Gasteiger partial charge in [-0.3, -0.25) is 14.5 Å². The quantitative estimate of drug-likeness (QED) is 0.634. The van der Waals surface area contributed by atoms with Crippen molar-refractivity contribution in [3.8, 4) is 0 Å². The van der Waals surface area contributed by atoms with Crippen LogP contribution in [0.2, 0.25) is 0 Å². The van der Waals surface area contributed by atoms with Gasteiger partial charge in [-0.25, -0.2) is 4.98 Å². The van der Waals surface area contributed by atoms with Gasteiger partial charge in [0.15, 0.2) is 0 Å². The number of halogens is 1. The highest BCUT2D eigenvalue weighted by molar-refractivity contribution is 9.10. The Morgan fingerprint density at radius 2 is 1.96 bits per heavy atom. The highest BCUT2D eigenvalue weighted by atomic mass is 79.9. The third kappa shape index (κ3) is 2.65. The van der Waals surface area contributed by atoms with E-state index in [4.69, 9.17) is 0 Å². The number of rotatable bonds is 2. The van der Waals surface area contributed by atoms with E-state index in [-0.39, 0.29) is 24.2 Å². The number of hydrogen-bond donors (Lipinski definition) is 0. The van der Waals surface area contributed by atoms with Crippen molar-refractivity contribution >= 4 is 50.4 Å². The second kappa shape index (κ2) is 6.20. The zero-order chi connectivity index (χ0) is 18.5. The van der Waals surface area contributed by atoms with Gasteiger partial charge in [-0.2, -0.15) is 0 Å². The summed E-state index contributed by atoms with van der Waals surface area (Å²) >= 11 is 3.44. The van der Waals surface area contributed by atoms with Crippen molar-refractivity contribution in [2.75, 3.05) is 22.9 Å². The number of carbonyl (C=O) groups excluding carboxylic acids is 2. The second-order valence-electron chi connectivity index (χ2n) is 6.93. The number of carbonyl (C=O) groups is 2. The van der Waals surface area contributed by atoms with E-state index in [0.717, 1.165) is 27.7 Å². The number of benzene rings is 2. The molecule has 2 aromatic carbocycles. The SMILES string of the molecule is O=C1CC(C(=O)N2CCn3c2nc2ccccc23)CN1c1cccc(Br)c1. The predicted octanol–water partition coefficient (Wildman–Crippen LogP) is 3.20. The largest absolute Gasteiger partial charge is 0.312 e. The molecule has 1 fully saturated rings. The van der Waals surface area contributed by atoms with E-state index < -0.39 is 0 Å². The lowest BCUT2D eigenvalue weighted by Gasteiger charge is -2.20. The number of amides is 2. The van der Waals surface area contributed by atoms with Gasteiger partial charge in [0.25, 0.3) is 0 Å². The summed E-state index contributed by atoms with van der Waals surface area (Å²) in [6.07, 6.45) is 0.238. The molecule has 0 spiro atoms. The zero-order valence-corrected chi connectivity index (χ0v) is 16.1. The average molecular weight is 425 g/mol. The normalized spacial score (nSPS) is 19.1. The number of para-hydroxylation sites is 2. The second-order valence-corrected chi connectivity index (χ2v) is 7.84. The van der Waals surface area contributed by atoms with Crippen molar-refractivity contribution in [1.82, 2.24) is 9.55 Å². The summed E-state index contributed by atoms with van der Waals surface area (Å²) in [7, 11) is 0. The van der Waals surface area contributed by atoms with Crippen LogP contribution in [0.4, 0.5) is 11.6 Å². The summed E-state index contributed by atoms with van der Waals surface area (Å²) in [4.78, 5) is 33.8. The summed E-state index contributed by atoms with van der Waals surface area (Å²) in [5.41, 5.74) is 2.75. The fraction of sp³-hybridized carbons (Fsp3) is 0.250. The summed E-state index contributed by atoms with van der Waals surface area (Å²) < 4.78 is 2.99. The number of imidazole rings is 1. The van der Waals surface area contributed by atoms with E-state index in [1.807, 2.05) is 48.5 Å². The Hall–Kier alpha value is -2.67. The van der Waals surface area contributed by atoms with Crippen LogP contribution in [0.1, 0.15) is 6.42 Å². The van der Waals surface area contributed by atoms with Crippen molar-refractivity contribution < 1.29 is 9.59 Å². The highest BCUT2D eigenvalue weighted by Crippen LogP contribution is 2.32. The molecule has 3 heterocycles. The number of aromatic nitrogens is 2. The summed E-state index contributed by atoms with van der Waals surface area (Å²) in [5, 5.41) is 0. The number of nitrogens with zero attached hydrogens (tertiary/aromatic N) is 4. The van der Waals surface area contributed by atoms with Crippen molar-refractivity contribution in [1.29, 1.82) is 0 Å². The topological polar surface area (TPSA) is 58.4 Å². The molecule has 0 aliphatic carbocycles. The molecule has 5 rings (SSSR count). The van der Waals surface area contributed by atoms with Crippen LogP contribution in [0.5, 0.6) is 0 Å². The molecule has 0 saturated carbocycles. The minimum atomic E-state index is -0.345. The van der Waals surface area contributed by atoms with Crippen molar-refractivity contribution in [2.45, 2.75) is 13.0 Å². The number of anilines is 2. The van der Waals surface area contributed by atoms with E-state index in [1.165, 1.54) is 0 Å². The minimum Gasteiger partial charge on any atom is -0.312 e. The molecular formula is C20H17BrN4O2. The first-order valence-corrected chi connectivity index (χ1v) is 9.74. The fourth-order valence-corrected chi connectivity index (χ4v) is 4.37. The molecule has 1 atom stereocenters. The van der Waals surface area contributed by atoms with Crippen LogP contribution in [0.25, 0.3) is 11.0 Å². The monoisotopic (exact) mass is 424 g/mol. The molecule has 1 unspecified atom stereocenters. The van der Waals surface area contributed by atoms with E-state index in [9.17, 15) is 9.59 Å². The number of fused-ring (bicyclic) bond motifs is 3. The standard InChI is InChI=1S/C20H17BrN4O2/c21-14-4-3-5-15(11-14)25-12-13(10-18(25)26)19(27)24-9-8-23-17-7-2-1-6-16(17)22-20(23)24/h1-7,11,13H,8-10,12H2. The molecule has 27 heavy (non-hydrogen) atoms. The van der Waals surface area contributed by atoms with Crippen LogP contribution in [0.3, 0.4) is 0 Å². The van der Waals surface area contributed by atoms with Gasteiger partial charge in [-0.1, -0.05) is 34.1 Å². The lowest BCUT2D eigenvalue weighted by molar-refractivity contribution is -0.124.